The van der Waals surface area contributed by atoms with Crippen LogP contribution in [0.4, 0.5) is 0 Å². The van der Waals surface area contributed by atoms with Crippen molar-refractivity contribution in [2.45, 2.75) is 40.5 Å². The van der Waals surface area contributed by atoms with Crippen LogP contribution in [-0.2, 0) is 12.8 Å². The minimum absolute atomic E-state index is 0.654. The molecule has 1 radical (unpaired) electrons. The Morgan fingerprint density at radius 3 is 1.69 bits per heavy atom. The highest BCUT2D eigenvalue weighted by Gasteiger charge is 2.05. The van der Waals surface area contributed by atoms with Gasteiger partial charge in [0.05, 0.1) is 0 Å². The van der Waals surface area contributed by atoms with Gasteiger partial charge >= 0.3 is 0 Å². The zero-order chi connectivity index (χ0) is 12.1. The van der Waals surface area contributed by atoms with Gasteiger partial charge in [0.1, 0.15) is 6.61 Å². The molecule has 0 atom stereocenters. The van der Waals surface area contributed by atoms with Gasteiger partial charge in [-0.25, -0.2) is 0 Å². The molecule has 1 aromatic carbocycles. The molecule has 0 aliphatic rings. The van der Waals surface area contributed by atoms with Crippen molar-refractivity contribution in [1.82, 2.24) is 0 Å². The lowest BCUT2D eigenvalue weighted by Crippen LogP contribution is -2.00. The van der Waals surface area contributed by atoms with Crippen molar-refractivity contribution in [2.75, 3.05) is 0 Å². The first-order valence-corrected chi connectivity index (χ1v) is 6.11. The maximum absolute atomic E-state index is 9.13. The van der Waals surface area contributed by atoms with Crippen molar-refractivity contribution in [3.05, 3.63) is 41.5 Å². The van der Waals surface area contributed by atoms with E-state index >= 15 is 0 Å². The van der Waals surface area contributed by atoms with Crippen molar-refractivity contribution in [1.29, 1.82) is 0 Å². The maximum Gasteiger partial charge on any atom is 0.109 e. The first-order valence-electron chi connectivity index (χ1n) is 6.11. The number of hydrogen-bond acceptors (Lipinski definition) is 1. The number of hydrogen-bond donors (Lipinski definition) is 1. The van der Waals surface area contributed by atoms with Crippen LogP contribution < -0.4 is 0 Å². The lowest BCUT2D eigenvalue weighted by Gasteiger charge is -2.11. The normalized spacial score (nSPS) is 11.4. The minimum atomic E-state index is 0.654. The van der Waals surface area contributed by atoms with Crippen LogP contribution in [0.15, 0.2) is 18.2 Å². The average molecular weight is 219 g/mol. The second-order valence-corrected chi connectivity index (χ2v) is 5.41. The summed E-state index contributed by atoms with van der Waals surface area (Å²) in [5.41, 5.74) is 3.58. The Morgan fingerprint density at radius 2 is 1.38 bits per heavy atom. The molecule has 1 rings (SSSR count). The van der Waals surface area contributed by atoms with Gasteiger partial charge < -0.3 is 5.11 Å². The molecule has 16 heavy (non-hydrogen) atoms. The highest BCUT2D eigenvalue weighted by atomic mass is 16.3. The zero-order valence-electron chi connectivity index (χ0n) is 10.8. The number of aliphatic hydroxyl groups excluding tert-OH is 1. The highest BCUT2D eigenvalue weighted by molar-refractivity contribution is 5.33. The summed E-state index contributed by atoms with van der Waals surface area (Å²) in [6.07, 6.45) is 2.15. The Kier molecular flexibility index (Phi) is 5.01. The van der Waals surface area contributed by atoms with E-state index in [-0.39, 0.29) is 0 Å². The second-order valence-electron chi connectivity index (χ2n) is 5.41. The van der Waals surface area contributed by atoms with Crippen molar-refractivity contribution < 1.29 is 5.11 Å². The van der Waals surface area contributed by atoms with E-state index in [1.165, 1.54) is 17.7 Å². The van der Waals surface area contributed by atoms with Gasteiger partial charge in [0, 0.05) is 0 Å². The summed E-state index contributed by atoms with van der Waals surface area (Å²) < 4.78 is 0. The molecule has 89 valence electrons. The predicted octanol–water partition coefficient (Wildman–Crippen LogP) is 3.97. The molecule has 0 saturated carbocycles. The molecule has 0 spiro atoms. The van der Waals surface area contributed by atoms with Gasteiger partial charge in [-0.2, -0.15) is 0 Å². The Morgan fingerprint density at radius 1 is 0.938 bits per heavy atom. The molecule has 0 amide bonds. The fourth-order valence-corrected chi connectivity index (χ4v) is 2.04. The average Bonchev–Trinajstić information content (AvgIpc) is 2.14. The molecule has 1 heteroatoms. The van der Waals surface area contributed by atoms with E-state index in [4.69, 9.17) is 5.11 Å². The third-order valence-corrected chi connectivity index (χ3v) is 2.51. The second kappa shape index (κ2) is 6.05. The first-order chi connectivity index (χ1) is 7.51. The first kappa shape index (κ1) is 13.2. The molecule has 0 aliphatic heterocycles. The fraction of sp³-hybridized carbons (Fsp3) is 0.533. The van der Waals surface area contributed by atoms with Crippen LogP contribution in [-0.4, -0.2) is 5.11 Å². The maximum atomic E-state index is 9.13. The predicted molar refractivity (Wildman–Crippen MR) is 68.9 cm³/mol. The third-order valence-electron chi connectivity index (χ3n) is 2.51. The van der Waals surface area contributed by atoms with Gasteiger partial charge in [-0.3, -0.25) is 0 Å². The molecule has 0 aliphatic carbocycles. The van der Waals surface area contributed by atoms with Crippen LogP contribution in [0.2, 0.25) is 0 Å². The summed E-state index contributed by atoms with van der Waals surface area (Å²) >= 11 is 0. The Labute approximate surface area is 99.5 Å². The van der Waals surface area contributed by atoms with Gasteiger partial charge in [-0.05, 0) is 41.4 Å². The quantitative estimate of drug-likeness (QED) is 0.794. The monoisotopic (exact) mass is 219 g/mol. The summed E-state index contributed by atoms with van der Waals surface area (Å²) in [6, 6.07) is 6.42. The van der Waals surface area contributed by atoms with Crippen molar-refractivity contribution in [3.8, 4) is 0 Å². The van der Waals surface area contributed by atoms with E-state index in [1.807, 2.05) is 0 Å². The van der Waals surface area contributed by atoms with E-state index in [9.17, 15) is 0 Å². The van der Waals surface area contributed by atoms with E-state index in [0.29, 0.717) is 11.8 Å². The van der Waals surface area contributed by atoms with Crippen molar-refractivity contribution in [2.24, 2.45) is 11.8 Å². The fourth-order valence-electron chi connectivity index (χ4n) is 2.04. The van der Waals surface area contributed by atoms with Gasteiger partial charge in [0.15, 0.2) is 0 Å². The molecule has 0 unspecified atom stereocenters. The van der Waals surface area contributed by atoms with Gasteiger partial charge in [0.2, 0.25) is 0 Å². The Balaban J connectivity index is 2.91. The van der Waals surface area contributed by atoms with E-state index in [1.54, 1.807) is 0 Å². The van der Waals surface area contributed by atoms with E-state index in [2.05, 4.69) is 45.9 Å². The van der Waals surface area contributed by atoms with Crippen LogP contribution in [0.25, 0.3) is 0 Å². The van der Waals surface area contributed by atoms with E-state index < -0.39 is 0 Å². The standard InChI is InChI=1S/C15H23O/c1-11(2)5-13-7-14(6-12(3)4)9-15(8-13)10-16/h7-12,16H,5-6H2,1-4H3. The van der Waals surface area contributed by atoms with E-state index in [0.717, 1.165) is 18.4 Å². The molecule has 0 saturated heterocycles. The van der Waals surface area contributed by atoms with Gasteiger partial charge in [-0.15, -0.1) is 0 Å². The Hall–Kier alpha value is -0.820. The molecule has 0 fully saturated rings. The highest BCUT2D eigenvalue weighted by Crippen LogP contribution is 2.17. The Bertz CT molecular complexity index is 298. The molecule has 1 N–H and O–H groups in total. The van der Waals surface area contributed by atoms with Crippen LogP contribution in [0, 0.1) is 18.4 Å². The van der Waals surface area contributed by atoms with Crippen LogP contribution >= 0.6 is 0 Å². The van der Waals surface area contributed by atoms with Crippen LogP contribution in [0.3, 0.4) is 0 Å². The number of rotatable bonds is 5. The van der Waals surface area contributed by atoms with Crippen LogP contribution in [0.1, 0.15) is 44.4 Å². The lowest BCUT2D eigenvalue weighted by atomic mass is 9.95. The van der Waals surface area contributed by atoms with Gasteiger partial charge in [0.25, 0.3) is 0 Å². The van der Waals surface area contributed by atoms with Crippen molar-refractivity contribution >= 4 is 0 Å². The minimum Gasteiger partial charge on any atom is -0.385 e. The smallest absolute Gasteiger partial charge is 0.109 e. The topological polar surface area (TPSA) is 20.2 Å². The molecular formula is C15H23O. The molecule has 0 aromatic heterocycles. The molecular weight excluding hydrogens is 196 g/mol. The summed E-state index contributed by atoms with van der Waals surface area (Å²) in [4.78, 5) is 0. The molecule has 1 aromatic rings. The number of benzene rings is 1. The number of aliphatic hydroxyl groups is 1. The lowest BCUT2D eigenvalue weighted by molar-refractivity contribution is 0.414. The SMILES string of the molecule is CC(C)Cc1cc([CH]O)cc(CC(C)C)c1. The van der Waals surface area contributed by atoms with Gasteiger partial charge in [-0.1, -0.05) is 45.9 Å². The zero-order valence-corrected chi connectivity index (χ0v) is 10.8. The summed E-state index contributed by atoms with van der Waals surface area (Å²) in [6.45, 7) is 10.1. The van der Waals surface area contributed by atoms with Crippen LogP contribution in [0.5, 0.6) is 0 Å². The molecule has 1 nitrogen and oxygen atoms in total. The molecule has 0 heterocycles. The molecule has 0 bridgehead atoms. The third kappa shape index (κ3) is 4.36. The van der Waals surface area contributed by atoms with Crippen molar-refractivity contribution in [3.63, 3.8) is 0 Å². The largest absolute Gasteiger partial charge is 0.385 e. The summed E-state index contributed by atoms with van der Waals surface area (Å²) in [5, 5.41) is 9.13. The summed E-state index contributed by atoms with van der Waals surface area (Å²) in [7, 11) is 0. The summed E-state index contributed by atoms with van der Waals surface area (Å²) in [5.74, 6) is 1.31.